The molecule has 0 heterocycles. The molecule has 0 radical (unpaired) electrons. The van der Waals surface area contributed by atoms with Crippen LogP contribution in [0.4, 0.5) is 0 Å². The second-order valence-electron chi connectivity index (χ2n) is 4.58. The summed E-state index contributed by atoms with van der Waals surface area (Å²) in [5.74, 6) is 0.101. The number of carboxylic acid groups (broad SMARTS) is 1. The minimum Gasteiger partial charge on any atom is -0.496 e. The Hall–Kier alpha value is -1.51. The van der Waals surface area contributed by atoms with Crippen LogP contribution < -0.4 is 4.74 Å². The lowest BCUT2D eigenvalue weighted by atomic mass is 9.63. The monoisotopic (exact) mass is 234 g/mol. The minimum absolute atomic E-state index is 0.667. The Morgan fingerprint density at radius 2 is 2.18 bits per heavy atom. The average Bonchev–Trinajstić information content (AvgIpc) is 2.26. The molecule has 1 aromatic rings. The fraction of sp³-hybridized carbons (Fsp3) is 0.500. The van der Waals surface area contributed by atoms with E-state index >= 15 is 0 Å². The van der Waals surface area contributed by atoms with Crippen LogP contribution in [0.15, 0.2) is 18.2 Å². The van der Waals surface area contributed by atoms with E-state index in [1.54, 1.807) is 7.11 Å². The summed E-state index contributed by atoms with van der Waals surface area (Å²) in [6.45, 7) is 2.04. The summed E-state index contributed by atoms with van der Waals surface area (Å²) in [5, 5.41) is 9.48. The van der Waals surface area contributed by atoms with E-state index in [1.807, 2.05) is 25.1 Å². The smallest absolute Gasteiger partial charge is 0.314 e. The molecule has 0 aliphatic heterocycles. The molecular weight excluding hydrogens is 216 g/mol. The molecule has 0 atom stereocenters. The van der Waals surface area contributed by atoms with Crippen molar-refractivity contribution in [1.29, 1.82) is 0 Å². The van der Waals surface area contributed by atoms with Gasteiger partial charge in [0.1, 0.15) is 5.75 Å². The van der Waals surface area contributed by atoms with E-state index in [0.29, 0.717) is 0 Å². The van der Waals surface area contributed by atoms with Gasteiger partial charge in [-0.1, -0.05) is 25.5 Å². The Labute approximate surface area is 101 Å². The molecule has 0 bridgehead atoms. The van der Waals surface area contributed by atoms with Crippen LogP contribution in [-0.4, -0.2) is 18.2 Å². The van der Waals surface area contributed by atoms with Crippen LogP contribution in [0.1, 0.15) is 37.3 Å². The van der Waals surface area contributed by atoms with Gasteiger partial charge in [-0.25, -0.2) is 0 Å². The Morgan fingerprint density at radius 1 is 1.47 bits per heavy atom. The molecule has 0 spiro atoms. The van der Waals surface area contributed by atoms with Gasteiger partial charge in [0.05, 0.1) is 12.5 Å². The Morgan fingerprint density at radius 3 is 2.59 bits per heavy atom. The van der Waals surface area contributed by atoms with Crippen molar-refractivity contribution in [1.82, 2.24) is 0 Å². The van der Waals surface area contributed by atoms with Crippen LogP contribution in [0.25, 0.3) is 0 Å². The van der Waals surface area contributed by atoms with Crippen molar-refractivity contribution in [2.75, 3.05) is 7.11 Å². The number of aliphatic carboxylic acids is 1. The maximum absolute atomic E-state index is 11.5. The van der Waals surface area contributed by atoms with Crippen molar-refractivity contribution in [2.24, 2.45) is 0 Å². The van der Waals surface area contributed by atoms with Crippen molar-refractivity contribution in [2.45, 2.75) is 38.0 Å². The van der Waals surface area contributed by atoms with E-state index in [0.717, 1.165) is 42.6 Å². The first kappa shape index (κ1) is 12.0. The standard InChI is InChI=1S/C14H18O3/c1-3-10-11(6-4-7-12(10)17-2)14(13(15)16)8-5-9-14/h4,6-7H,3,5,8-9H2,1-2H3,(H,15,16). The van der Waals surface area contributed by atoms with E-state index in [2.05, 4.69) is 0 Å². The van der Waals surface area contributed by atoms with Crippen LogP contribution in [0.2, 0.25) is 0 Å². The molecule has 17 heavy (non-hydrogen) atoms. The van der Waals surface area contributed by atoms with Crippen LogP contribution in [0, 0.1) is 0 Å². The number of carboxylic acids is 1. The van der Waals surface area contributed by atoms with Gasteiger partial charge in [0.15, 0.2) is 0 Å². The van der Waals surface area contributed by atoms with Gasteiger partial charge in [-0.05, 0) is 36.5 Å². The normalized spacial score (nSPS) is 17.3. The van der Waals surface area contributed by atoms with Crippen LogP contribution in [-0.2, 0) is 16.6 Å². The van der Waals surface area contributed by atoms with Gasteiger partial charge in [0, 0.05) is 0 Å². The van der Waals surface area contributed by atoms with E-state index in [9.17, 15) is 9.90 Å². The third-order valence-corrected chi connectivity index (χ3v) is 3.84. The number of hydrogen-bond donors (Lipinski definition) is 1. The van der Waals surface area contributed by atoms with Gasteiger partial charge in [-0.3, -0.25) is 4.79 Å². The number of ether oxygens (including phenoxy) is 1. The predicted octanol–water partition coefficient (Wildman–Crippen LogP) is 2.76. The molecule has 0 aromatic heterocycles. The second-order valence-corrected chi connectivity index (χ2v) is 4.58. The predicted molar refractivity (Wildman–Crippen MR) is 65.5 cm³/mol. The van der Waals surface area contributed by atoms with Crippen molar-refractivity contribution < 1.29 is 14.6 Å². The number of rotatable bonds is 4. The lowest BCUT2D eigenvalue weighted by molar-refractivity contribution is -0.147. The molecule has 0 amide bonds. The van der Waals surface area contributed by atoms with Gasteiger partial charge in [-0.2, -0.15) is 0 Å². The molecule has 3 heteroatoms. The molecule has 1 aliphatic rings. The lowest BCUT2D eigenvalue weighted by Gasteiger charge is -2.39. The highest BCUT2D eigenvalue weighted by atomic mass is 16.5. The van der Waals surface area contributed by atoms with Gasteiger partial charge in [0.25, 0.3) is 0 Å². The molecule has 1 aliphatic carbocycles. The maximum Gasteiger partial charge on any atom is 0.314 e. The van der Waals surface area contributed by atoms with Gasteiger partial charge < -0.3 is 9.84 Å². The second kappa shape index (κ2) is 4.40. The maximum atomic E-state index is 11.5. The van der Waals surface area contributed by atoms with E-state index in [1.165, 1.54) is 0 Å². The first-order valence-corrected chi connectivity index (χ1v) is 6.05. The zero-order valence-electron chi connectivity index (χ0n) is 10.3. The highest BCUT2D eigenvalue weighted by molar-refractivity contribution is 5.83. The number of hydrogen-bond acceptors (Lipinski definition) is 2. The summed E-state index contributed by atoms with van der Waals surface area (Å²) in [5.41, 5.74) is 1.31. The summed E-state index contributed by atoms with van der Waals surface area (Å²) >= 11 is 0. The fourth-order valence-electron chi connectivity index (χ4n) is 2.70. The molecule has 1 N–H and O–H groups in total. The molecule has 0 unspecified atom stereocenters. The third-order valence-electron chi connectivity index (χ3n) is 3.84. The molecule has 1 aromatic carbocycles. The van der Waals surface area contributed by atoms with E-state index < -0.39 is 11.4 Å². The highest BCUT2D eigenvalue weighted by Gasteiger charge is 2.47. The third kappa shape index (κ3) is 1.70. The zero-order chi connectivity index (χ0) is 12.5. The Bertz CT molecular complexity index is 433. The number of benzene rings is 1. The van der Waals surface area contributed by atoms with Crippen molar-refractivity contribution in [3.8, 4) is 5.75 Å². The summed E-state index contributed by atoms with van der Waals surface area (Å²) in [6, 6.07) is 5.72. The number of carbonyl (C=O) groups is 1. The van der Waals surface area contributed by atoms with Crippen LogP contribution in [0.3, 0.4) is 0 Å². The molecule has 92 valence electrons. The van der Waals surface area contributed by atoms with Gasteiger partial charge in [0.2, 0.25) is 0 Å². The summed E-state index contributed by atoms with van der Waals surface area (Å²) in [4.78, 5) is 11.5. The molecule has 0 saturated heterocycles. The van der Waals surface area contributed by atoms with E-state index in [4.69, 9.17) is 4.74 Å². The van der Waals surface area contributed by atoms with Crippen LogP contribution >= 0.6 is 0 Å². The largest absolute Gasteiger partial charge is 0.496 e. The summed E-state index contributed by atoms with van der Waals surface area (Å²) in [7, 11) is 1.63. The van der Waals surface area contributed by atoms with Gasteiger partial charge in [-0.15, -0.1) is 0 Å². The molecule has 2 rings (SSSR count). The first-order chi connectivity index (χ1) is 8.15. The Kier molecular flexibility index (Phi) is 3.09. The molecule has 1 saturated carbocycles. The van der Waals surface area contributed by atoms with E-state index in [-0.39, 0.29) is 0 Å². The van der Waals surface area contributed by atoms with Crippen LogP contribution in [0.5, 0.6) is 5.75 Å². The molecule has 3 nitrogen and oxygen atoms in total. The first-order valence-electron chi connectivity index (χ1n) is 6.05. The average molecular weight is 234 g/mol. The lowest BCUT2D eigenvalue weighted by Crippen LogP contribution is -2.43. The number of methoxy groups -OCH3 is 1. The van der Waals surface area contributed by atoms with Gasteiger partial charge >= 0.3 is 5.97 Å². The Balaban J connectivity index is 2.54. The zero-order valence-corrected chi connectivity index (χ0v) is 10.3. The quantitative estimate of drug-likeness (QED) is 0.871. The topological polar surface area (TPSA) is 46.5 Å². The van der Waals surface area contributed by atoms with Crippen molar-refractivity contribution >= 4 is 5.97 Å². The van der Waals surface area contributed by atoms with Crippen molar-refractivity contribution in [3.05, 3.63) is 29.3 Å². The molecular formula is C14H18O3. The summed E-state index contributed by atoms with van der Waals surface area (Å²) in [6.07, 6.45) is 3.27. The SMILES string of the molecule is CCc1c(OC)cccc1C1(C(=O)O)CCC1. The van der Waals surface area contributed by atoms with Crippen molar-refractivity contribution in [3.63, 3.8) is 0 Å². The summed E-state index contributed by atoms with van der Waals surface area (Å²) < 4.78 is 5.33. The fourth-order valence-corrected chi connectivity index (χ4v) is 2.70. The highest BCUT2D eigenvalue weighted by Crippen LogP contribution is 2.46. The molecule has 1 fully saturated rings. The minimum atomic E-state index is -0.702.